The van der Waals surface area contributed by atoms with E-state index in [2.05, 4.69) is 4.98 Å². The molecule has 0 bridgehead atoms. The van der Waals surface area contributed by atoms with Gasteiger partial charge in [-0.1, -0.05) is 6.07 Å². The molecule has 0 aliphatic carbocycles. The van der Waals surface area contributed by atoms with Crippen LogP contribution in [-0.4, -0.2) is 42.0 Å². The highest BCUT2D eigenvalue weighted by Gasteiger charge is 2.22. The van der Waals surface area contributed by atoms with Crippen LogP contribution in [-0.2, 0) is 9.53 Å². The second-order valence-corrected chi connectivity index (χ2v) is 6.10. The van der Waals surface area contributed by atoms with Gasteiger partial charge in [-0.2, -0.15) is 0 Å². The summed E-state index contributed by atoms with van der Waals surface area (Å²) in [6, 6.07) is 3.87. The molecule has 2 heterocycles. The summed E-state index contributed by atoms with van der Waals surface area (Å²) in [5, 5.41) is 4.37. The lowest BCUT2D eigenvalue weighted by atomic mass is 10.3. The molecule has 0 N–H and O–H groups in total. The van der Waals surface area contributed by atoms with Gasteiger partial charge in [-0.05, 0) is 18.4 Å². The number of rotatable bonds is 4. The number of thiophene rings is 1. The number of ether oxygens (including phenoxy) is 1. The monoisotopic (exact) mass is 310 g/mol. The minimum Gasteiger partial charge on any atom is -0.448 e. The number of aromatic nitrogens is 1. The van der Waals surface area contributed by atoms with E-state index in [0.29, 0.717) is 0 Å². The first kappa shape index (κ1) is 14.7. The van der Waals surface area contributed by atoms with Gasteiger partial charge in [0.05, 0.1) is 4.88 Å². The number of hydrogen-bond donors (Lipinski definition) is 0. The van der Waals surface area contributed by atoms with Crippen LogP contribution in [0.3, 0.4) is 0 Å². The van der Waals surface area contributed by atoms with E-state index in [0.717, 1.165) is 9.88 Å². The smallest absolute Gasteiger partial charge is 0.358 e. The average Bonchev–Trinajstić information content (AvgIpc) is 3.07. The number of likely N-dealkylation sites (N-methyl/N-ethyl adjacent to an activating group) is 1. The van der Waals surface area contributed by atoms with Crippen LogP contribution < -0.4 is 0 Å². The van der Waals surface area contributed by atoms with E-state index in [1.165, 1.54) is 16.2 Å². The van der Waals surface area contributed by atoms with E-state index in [9.17, 15) is 9.59 Å². The summed E-state index contributed by atoms with van der Waals surface area (Å²) in [4.78, 5) is 30.2. The van der Waals surface area contributed by atoms with Crippen molar-refractivity contribution in [2.24, 2.45) is 0 Å². The maximum atomic E-state index is 11.9. The van der Waals surface area contributed by atoms with E-state index in [1.807, 2.05) is 17.5 Å². The summed E-state index contributed by atoms with van der Waals surface area (Å²) in [6.07, 6.45) is -0.815. The quantitative estimate of drug-likeness (QED) is 0.814. The fourth-order valence-corrected chi connectivity index (χ4v) is 3.12. The predicted octanol–water partition coefficient (Wildman–Crippen LogP) is 2.51. The van der Waals surface area contributed by atoms with Gasteiger partial charge in [-0.15, -0.1) is 22.7 Å². The lowest BCUT2D eigenvalue weighted by Crippen LogP contribution is -2.34. The molecule has 2 aromatic heterocycles. The fourth-order valence-electron chi connectivity index (χ4n) is 1.52. The van der Waals surface area contributed by atoms with Crippen LogP contribution in [0.2, 0.25) is 0 Å². The van der Waals surface area contributed by atoms with Crippen LogP contribution >= 0.6 is 22.7 Å². The van der Waals surface area contributed by atoms with Crippen molar-refractivity contribution in [3.05, 3.63) is 28.6 Å². The third-order valence-corrected chi connectivity index (χ3v) is 4.40. The molecule has 106 valence electrons. The third kappa shape index (κ3) is 3.23. The van der Waals surface area contributed by atoms with Gasteiger partial charge >= 0.3 is 5.97 Å². The van der Waals surface area contributed by atoms with Crippen LogP contribution in [0.1, 0.15) is 17.4 Å². The van der Waals surface area contributed by atoms with Crippen molar-refractivity contribution in [1.29, 1.82) is 0 Å². The van der Waals surface area contributed by atoms with Crippen molar-refractivity contribution in [3.63, 3.8) is 0 Å². The summed E-state index contributed by atoms with van der Waals surface area (Å²) >= 11 is 2.94. The summed E-state index contributed by atoms with van der Waals surface area (Å²) in [5.74, 6) is -0.834. The normalized spacial score (nSPS) is 11.9. The Labute approximate surface area is 124 Å². The zero-order valence-corrected chi connectivity index (χ0v) is 13.0. The van der Waals surface area contributed by atoms with Gasteiger partial charge in [0.1, 0.15) is 5.01 Å². The molecule has 7 heteroatoms. The van der Waals surface area contributed by atoms with Crippen molar-refractivity contribution in [2.45, 2.75) is 13.0 Å². The van der Waals surface area contributed by atoms with Crippen LogP contribution in [0.4, 0.5) is 0 Å². The molecule has 20 heavy (non-hydrogen) atoms. The fraction of sp³-hybridized carbons (Fsp3) is 0.308. The van der Waals surface area contributed by atoms with Crippen molar-refractivity contribution in [3.8, 4) is 9.88 Å². The van der Waals surface area contributed by atoms with Gasteiger partial charge < -0.3 is 9.64 Å². The van der Waals surface area contributed by atoms with Gasteiger partial charge in [0.2, 0.25) is 0 Å². The van der Waals surface area contributed by atoms with Crippen LogP contribution in [0.15, 0.2) is 22.9 Å². The van der Waals surface area contributed by atoms with Crippen molar-refractivity contribution in [1.82, 2.24) is 9.88 Å². The maximum absolute atomic E-state index is 11.9. The van der Waals surface area contributed by atoms with Crippen LogP contribution in [0.5, 0.6) is 0 Å². The molecule has 0 spiro atoms. The Morgan fingerprint density at radius 1 is 1.35 bits per heavy atom. The first-order valence-corrected chi connectivity index (χ1v) is 7.66. The van der Waals surface area contributed by atoms with E-state index in [4.69, 9.17) is 4.74 Å². The van der Waals surface area contributed by atoms with Crippen molar-refractivity contribution in [2.75, 3.05) is 14.1 Å². The Bertz CT molecular complexity index is 605. The van der Waals surface area contributed by atoms with E-state index in [1.54, 1.807) is 37.7 Å². The van der Waals surface area contributed by atoms with Gasteiger partial charge in [0.25, 0.3) is 5.91 Å². The van der Waals surface area contributed by atoms with Crippen molar-refractivity contribution < 1.29 is 14.3 Å². The zero-order chi connectivity index (χ0) is 14.7. The second kappa shape index (κ2) is 6.15. The lowest BCUT2D eigenvalue weighted by Gasteiger charge is -2.16. The Morgan fingerprint density at radius 2 is 2.10 bits per heavy atom. The third-order valence-electron chi connectivity index (χ3n) is 2.52. The zero-order valence-electron chi connectivity index (χ0n) is 11.3. The molecule has 0 saturated heterocycles. The van der Waals surface area contributed by atoms with E-state index >= 15 is 0 Å². The maximum Gasteiger partial charge on any atom is 0.358 e. The van der Waals surface area contributed by atoms with E-state index < -0.39 is 12.1 Å². The van der Waals surface area contributed by atoms with Crippen molar-refractivity contribution >= 4 is 34.6 Å². The van der Waals surface area contributed by atoms with Crippen LogP contribution in [0.25, 0.3) is 9.88 Å². The Balaban J connectivity index is 2.05. The van der Waals surface area contributed by atoms with Gasteiger partial charge in [-0.3, -0.25) is 4.79 Å². The minimum absolute atomic E-state index is 0.233. The molecule has 1 amide bonds. The largest absolute Gasteiger partial charge is 0.448 e. The van der Waals surface area contributed by atoms with Crippen LogP contribution in [0, 0.1) is 0 Å². The topological polar surface area (TPSA) is 59.5 Å². The van der Waals surface area contributed by atoms with Gasteiger partial charge in [0, 0.05) is 19.5 Å². The predicted molar refractivity (Wildman–Crippen MR) is 79.0 cm³/mol. The lowest BCUT2D eigenvalue weighted by molar-refractivity contribution is -0.137. The number of hydrogen-bond acceptors (Lipinski definition) is 6. The summed E-state index contributed by atoms with van der Waals surface area (Å²) in [5.41, 5.74) is 0.233. The number of carbonyl (C=O) groups is 2. The Kier molecular flexibility index (Phi) is 4.51. The average molecular weight is 310 g/mol. The molecule has 0 aliphatic heterocycles. The molecule has 0 radical (unpaired) electrons. The molecular formula is C13H14N2O3S2. The minimum atomic E-state index is -0.815. The molecule has 0 saturated carbocycles. The molecule has 0 aromatic carbocycles. The molecule has 5 nitrogen and oxygen atoms in total. The Hall–Kier alpha value is -1.73. The molecule has 0 unspecified atom stereocenters. The SMILES string of the molecule is C[C@H](OC(=O)c1csc(-c2cccs2)n1)C(=O)N(C)C. The highest BCUT2D eigenvalue weighted by molar-refractivity contribution is 7.20. The number of amides is 1. The molecule has 0 fully saturated rings. The highest BCUT2D eigenvalue weighted by Crippen LogP contribution is 2.28. The van der Waals surface area contributed by atoms with Gasteiger partial charge in [0.15, 0.2) is 11.8 Å². The number of carbonyl (C=O) groups excluding carboxylic acids is 2. The second-order valence-electron chi connectivity index (χ2n) is 4.30. The number of thiazole rings is 1. The molecule has 2 aromatic rings. The molecule has 0 aliphatic rings. The molecule has 2 rings (SSSR count). The highest BCUT2D eigenvalue weighted by atomic mass is 32.1. The first-order chi connectivity index (χ1) is 9.49. The molecule has 1 atom stereocenters. The van der Waals surface area contributed by atoms with E-state index in [-0.39, 0.29) is 11.6 Å². The summed E-state index contributed by atoms with van der Waals surface area (Å²) in [7, 11) is 3.23. The van der Waals surface area contributed by atoms with Gasteiger partial charge in [-0.25, -0.2) is 9.78 Å². The first-order valence-electron chi connectivity index (χ1n) is 5.90. The standard InChI is InChI=1S/C13H14N2O3S2/c1-8(12(16)15(2)3)18-13(17)9-7-20-11(14-9)10-5-4-6-19-10/h4-8H,1-3H3/t8-/m0/s1. The molecular weight excluding hydrogens is 296 g/mol. The summed E-state index contributed by atoms with van der Waals surface area (Å²) in [6.45, 7) is 1.55. The number of nitrogens with zero attached hydrogens (tertiary/aromatic N) is 2. The summed E-state index contributed by atoms with van der Waals surface area (Å²) < 4.78 is 5.11. The Morgan fingerprint density at radius 3 is 2.70 bits per heavy atom. The number of esters is 1.